The molecule has 2 fully saturated rings. The molecule has 0 bridgehead atoms. The molecule has 3 nitrogen and oxygen atoms in total. The van der Waals surface area contributed by atoms with Crippen LogP contribution in [-0.4, -0.2) is 36.1 Å². The quantitative estimate of drug-likeness (QED) is 0.839. The van der Waals surface area contributed by atoms with E-state index in [1.54, 1.807) is 0 Å². The molecule has 0 saturated carbocycles. The normalized spacial score (nSPS) is 26.4. The Balaban J connectivity index is 1.36. The third kappa shape index (κ3) is 2.56. The molecule has 0 N–H and O–H groups in total. The highest BCUT2D eigenvalue weighted by molar-refractivity contribution is 5.77. The van der Waals surface area contributed by atoms with E-state index >= 15 is 0 Å². The fourth-order valence-corrected chi connectivity index (χ4v) is 4.51. The number of piperidine rings is 1. The molecule has 0 aromatic heterocycles. The molecule has 3 aliphatic rings. The highest BCUT2D eigenvalue weighted by Crippen LogP contribution is 2.38. The summed E-state index contributed by atoms with van der Waals surface area (Å²) in [5.74, 6) is 0.775. The van der Waals surface area contributed by atoms with Crippen LogP contribution in [0, 0.1) is 0 Å². The molecule has 1 spiro atoms. The Kier molecular flexibility index (Phi) is 3.69. The monoisotopic (exact) mass is 299 g/mol. The maximum atomic E-state index is 12.7. The minimum absolute atomic E-state index is 0.108. The second-order valence-corrected chi connectivity index (χ2v) is 7.15. The maximum absolute atomic E-state index is 12.7. The van der Waals surface area contributed by atoms with Crippen LogP contribution in [0.5, 0.6) is 0 Å². The van der Waals surface area contributed by atoms with Gasteiger partial charge in [0.25, 0.3) is 0 Å². The van der Waals surface area contributed by atoms with Crippen molar-refractivity contribution in [3.63, 3.8) is 0 Å². The van der Waals surface area contributed by atoms with Gasteiger partial charge in [0.15, 0.2) is 0 Å². The maximum Gasteiger partial charge on any atom is 0.223 e. The Morgan fingerprint density at radius 2 is 2.05 bits per heavy atom. The Labute approximate surface area is 132 Å². The molecule has 2 saturated heterocycles. The van der Waals surface area contributed by atoms with Gasteiger partial charge in [-0.2, -0.15) is 0 Å². The van der Waals surface area contributed by atoms with Crippen molar-refractivity contribution in [1.29, 1.82) is 0 Å². The van der Waals surface area contributed by atoms with E-state index in [0.29, 0.717) is 18.2 Å². The van der Waals surface area contributed by atoms with Gasteiger partial charge < -0.3 is 9.64 Å². The lowest BCUT2D eigenvalue weighted by atomic mass is 9.88. The standard InChI is InChI=1S/C19H25NO2/c21-18(14-16-7-6-15-4-1-2-5-17(15)16)20-11-9-19(10-12-20)8-3-13-22-19/h1-2,4-5,16H,3,6-14H2. The van der Waals surface area contributed by atoms with Gasteiger partial charge in [0.05, 0.1) is 5.60 Å². The van der Waals surface area contributed by atoms with E-state index in [1.165, 1.54) is 24.0 Å². The van der Waals surface area contributed by atoms with Gasteiger partial charge in [-0.05, 0) is 55.6 Å². The van der Waals surface area contributed by atoms with Crippen LogP contribution in [-0.2, 0) is 16.0 Å². The topological polar surface area (TPSA) is 29.5 Å². The van der Waals surface area contributed by atoms with Gasteiger partial charge in [0.2, 0.25) is 5.91 Å². The van der Waals surface area contributed by atoms with Crippen LogP contribution in [0.2, 0.25) is 0 Å². The summed E-state index contributed by atoms with van der Waals surface area (Å²) in [5, 5.41) is 0. The summed E-state index contributed by atoms with van der Waals surface area (Å²) < 4.78 is 5.95. The molecule has 118 valence electrons. The van der Waals surface area contributed by atoms with Gasteiger partial charge in [0.1, 0.15) is 0 Å². The van der Waals surface area contributed by atoms with Crippen molar-refractivity contribution < 1.29 is 9.53 Å². The zero-order chi connectivity index (χ0) is 15.0. The number of hydrogen-bond donors (Lipinski definition) is 0. The van der Waals surface area contributed by atoms with Crippen LogP contribution >= 0.6 is 0 Å². The first-order chi connectivity index (χ1) is 10.8. The van der Waals surface area contributed by atoms with E-state index in [4.69, 9.17) is 4.74 Å². The van der Waals surface area contributed by atoms with E-state index in [1.807, 2.05) is 0 Å². The van der Waals surface area contributed by atoms with Gasteiger partial charge in [-0.25, -0.2) is 0 Å². The van der Waals surface area contributed by atoms with E-state index < -0.39 is 0 Å². The molecule has 1 aromatic rings. The number of amides is 1. The number of hydrogen-bond acceptors (Lipinski definition) is 2. The lowest BCUT2D eigenvalue weighted by Crippen LogP contribution is -2.46. The zero-order valence-corrected chi connectivity index (χ0v) is 13.2. The average Bonchev–Trinajstić information content (AvgIpc) is 3.16. The minimum Gasteiger partial charge on any atom is -0.375 e. The highest BCUT2D eigenvalue weighted by Gasteiger charge is 2.39. The summed E-state index contributed by atoms with van der Waals surface area (Å²) in [6, 6.07) is 8.62. The molecule has 22 heavy (non-hydrogen) atoms. The van der Waals surface area contributed by atoms with Gasteiger partial charge in [-0.1, -0.05) is 24.3 Å². The number of nitrogens with zero attached hydrogens (tertiary/aromatic N) is 1. The number of carbonyl (C=O) groups is 1. The fourth-order valence-electron chi connectivity index (χ4n) is 4.51. The third-order valence-corrected chi connectivity index (χ3v) is 5.89. The molecule has 1 aromatic carbocycles. The summed E-state index contributed by atoms with van der Waals surface area (Å²) in [4.78, 5) is 14.7. The van der Waals surface area contributed by atoms with Gasteiger partial charge >= 0.3 is 0 Å². The van der Waals surface area contributed by atoms with Gasteiger partial charge in [-0.3, -0.25) is 4.79 Å². The molecule has 1 amide bonds. The van der Waals surface area contributed by atoms with Gasteiger partial charge in [-0.15, -0.1) is 0 Å². The summed E-state index contributed by atoms with van der Waals surface area (Å²) in [6.45, 7) is 2.67. The molecular formula is C19H25NO2. The van der Waals surface area contributed by atoms with Crippen LogP contribution in [0.4, 0.5) is 0 Å². The predicted molar refractivity (Wildman–Crippen MR) is 85.9 cm³/mol. The van der Waals surface area contributed by atoms with Crippen molar-refractivity contribution in [2.24, 2.45) is 0 Å². The molecule has 0 radical (unpaired) electrons. The van der Waals surface area contributed by atoms with Gasteiger partial charge in [0, 0.05) is 26.1 Å². The molecule has 1 unspecified atom stereocenters. The molecular weight excluding hydrogens is 274 g/mol. The van der Waals surface area contributed by atoms with Crippen molar-refractivity contribution in [3.05, 3.63) is 35.4 Å². The second-order valence-electron chi connectivity index (χ2n) is 7.15. The molecule has 2 aliphatic heterocycles. The zero-order valence-electron chi connectivity index (χ0n) is 13.2. The number of rotatable bonds is 2. The van der Waals surface area contributed by atoms with Crippen LogP contribution in [0.3, 0.4) is 0 Å². The fraction of sp³-hybridized carbons (Fsp3) is 0.632. The number of aryl methyl sites for hydroxylation is 1. The number of likely N-dealkylation sites (tertiary alicyclic amines) is 1. The van der Waals surface area contributed by atoms with E-state index in [2.05, 4.69) is 29.2 Å². The lowest BCUT2D eigenvalue weighted by Gasteiger charge is -2.39. The molecule has 3 heteroatoms. The smallest absolute Gasteiger partial charge is 0.223 e. The van der Waals surface area contributed by atoms with Crippen LogP contribution in [0.15, 0.2) is 24.3 Å². The Hall–Kier alpha value is -1.35. The van der Waals surface area contributed by atoms with Crippen molar-refractivity contribution in [3.8, 4) is 0 Å². The average molecular weight is 299 g/mol. The Morgan fingerprint density at radius 3 is 2.82 bits per heavy atom. The molecule has 1 atom stereocenters. The largest absolute Gasteiger partial charge is 0.375 e. The highest BCUT2D eigenvalue weighted by atomic mass is 16.5. The lowest BCUT2D eigenvalue weighted by molar-refractivity contribution is -0.136. The molecule has 2 heterocycles. The van der Waals surface area contributed by atoms with Crippen molar-refractivity contribution in [2.45, 2.75) is 56.5 Å². The number of carbonyl (C=O) groups excluding carboxylic acids is 1. The van der Waals surface area contributed by atoms with Crippen LogP contribution in [0.1, 0.15) is 55.6 Å². The Bertz CT molecular complexity index is 552. The summed E-state index contributed by atoms with van der Waals surface area (Å²) >= 11 is 0. The first kappa shape index (κ1) is 14.3. The number of benzene rings is 1. The van der Waals surface area contributed by atoms with Crippen molar-refractivity contribution in [1.82, 2.24) is 4.90 Å². The minimum atomic E-state index is 0.108. The van der Waals surface area contributed by atoms with Crippen molar-refractivity contribution in [2.75, 3.05) is 19.7 Å². The number of fused-ring (bicyclic) bond motifs is 1. The first-order valence-electron chi connectivity index (χ1n) is 8.75. The first-order valence-corrected chi connectivity index (χ1v) is 8.75. The van der Waals surface area contributed by atoms with E-state index in [0.717, 1.165) is 45.4 Å². The molecule has 4 rings (SSSR count). The summed E-state index contributed by atoms with van der Waals surface area (Å²) in [7, 11) is 0. The summed E-state index contributed by atoms with van der Waals surface area (Å²) in [6.07, 6.45) is 7.37. The molecule has 1 aliphatic carbocycles. The van der Waals surface area contributed by atoms with Crippen molar-refractivity contribution >= 4 is 5.91 Å². The summed E-state index contributed by atoms with van der Waals surface area (Å²) in [5.41, 5.74) is 2.96. The van der Waals surface area contributed by atoms with Crippen LogP contribution in [0.25, 0.3) is 0 Å². The Morgan fingerprint density at radius 1 is 1.23 bits per heavy atom. The third-order valence-electron chi connectivity index (χ3n) is 5.89. The second kappa shape index (κ2) is 5.69. The predicted octanol–water partition coefficient (Wildman–Crippen LogP) is 3.28. The van der Waals surface area contributed by atoms with E-state index in [-0.39, 0.29) is 5.60 Å². The van der Waals surface area contributed by atoms with Crippen LogP contribution < -0.4 is 0 Å². The SMILES string of the molecule is O=C(CC1CCc2ccccc21)N1CCC2(CCCO2)CC1. The van der Waals surface area contributed by atoms with E-state index in [9.17, 15) is 4.79 Å². The number of ether oxygens (including phenoxy) is 1.